The summed E-state index contributed by atoms with van der Waals surface area (Å²) in [7, 11) is 1.46. The van der Waals surface area contributed by atoms with Crippen LogP contribution in [0, 0.1) is 6.92 Å². The molecule has 0 fully saturated rings. The quantitative estimate of drug-likeness (QED) is 0.149. The SMILES string of the molecule is CCc1nc(OC)c(N)cc1C(=O)NC(C)C(=O)Nc1cc(CO)cc(Nc2c3ccccc3nc3ccc(C)cc23)c1. The molecular weight excluding hydrogens is 544 g/mol. The van der Waals surface area contributed by atoms with Crippen LogP contribution in [0.3, 0.4) is 0 Å². The normalized spacial score (nSPS) is 11.7. The molecule has 0 aliphatic carbocycles. The standard InChI is InChI=1S/C33H34N6O4/c1-5-27-25(16-26(34)33(39-27)43-4)32(42)35-19(3)31(41)37-22-14-20(17-40)13-21(15-22)36-30-23-8-6-7-9-28(23)38-29-11-10-18(2)12-24(29)30/h6-16,19,40H,5,17,34H2,1-4H3,(H,35,42)(H,36,38)(H,37,41). The van der Waals surface area contributed by atoms with Gasteiger partial charge in [-0.15, -0.1) is 0 Å². The van der Waals surface area contributed by atoms with Gasteiger partial charge in [-0.1, -0.05) is 36.8 Å². The Morgan fingerprint density at radius 1 is 0.977 bits per heavy atom. The van der Waals surface area contributed by atoms with Gasteiger partial charge >= 0.3 is 0 Å². The number of hydrogen-bond donors (Lipinski definition) is 5. The summed E-state index contributed by atoms with van der Waals surface area (Å²) in [4.78, 5) is 35.4. The highest BCUT2D eigenvalue weighted by Gasteiger charge is 2.21. The van der Waals surface area contributed by atoms with Gasteiger partial charge in [0.25, 0.3) is 5.91 Å². The van der Waals surface area contributed by atoms with Crippen molar-refractivity contribution >= 4 is 56.4 Å². The molecule has 0 saturated heterocycles. The number of benzene rings is 3. The minimum absolute atomic E-state index is 0.229. The van der Waals surface area contributed by atoms with Crippen molar-refractivity contribution in [1.82, 2.24) is 15.3 Å². The highest BCUT2D eigenvalue weighted by molar-refractivity contribution is 6.09. The van der Waals surface area contributed by atoms with Crippen molar-refractivity contribution in [3.8, 4) is 5.88 Å². The summed E-state index contributed by atoms with van der Waals surface area (Å²) >= 11 is 0. The molecule has 43 heavy (non-hydrogen) atoms. The van der Waals surface area contributed by atoms with Gasteiger partial charge < -0.3 is 31.5 Å². The molecule has 10 nitrogen and oxygen atoms in total. The Hall–Kier alpha value is -5.22. The zero-order valence-corrected chi connectivity index (χ0v) is 24.5. The fraction of sp³-hybridized carbons (Fsp3) is 0.212. The zero-order chi connectivity index (χ0) is 30.7. The maximum Gasteiger partial charge on any atom is 0.253 e. The first-order valence-corrected chi connectivity index (χ1v) is 14.0. The number of nitrogens with zero attached hydrogens (tertiary/aromatic N) is 2. The summed E-state index contributed by atoms with van der Waals surface area (Å²) in [6.07, 6.45) is 0.477. The van der Waals surface area contributed by atoms with Gasteiger partial charge in [-0.25, -0.2) is 9.97 Å². The van der Waals surface area contributed by atoms with Crippen molar-refractivity contribution in [2.75, 3.05) is 23.5 Å². The molecule has 220 valence electrons. The van der Waals surface area contributed by atoms with E-state index >= 15 is 0 Å². The van der Waals surface area contributed by atoms with Gasteiger partial charge in [0.15, 0.2) is 0 Å². The van der Waals surface area contributed by atoms with Gasteiger partial charge in [0.1, 0.15) is 6.04 Å². The zero-order valence-electron chi connectivity index (χ0n) is 24.5. The van der Waals surface area contributed by atoms with Crippen LogP contribution in [0.25, 0.3) is 21.8 Å². The highest BCUT2D eigenvalue weighted by atomic mass is 16.5. The number of amides is 2. The number of aliphatic hydroxyl groups is 1. The van der Waals surface area contributed by atoms with Crippen LogP contribution in [0.2, 0.25) is 0 Å². The Morgan fingerprint density at radius 3 is 2.47 bits per heavy atom. The molecule has 2 amide bonds. The van der Waals surface area contributed by atoms with Gasteiger partial charge in [-0.2, -0.15) is 0 Å². The van der Waals surface area contributed by atoms with Crippen LogP contribution in [0.15, 0.2) is 66.7 Å². The molecule has 10 heteroatoms. The number of para-hydroxylation sites is 1. The average Bonchev–Trinajstić information content (AvgIpc) is 3.00. The number of aliphatic hydroxyl groups excluding tert-OH is 1. The Balaban J connectivity index is 1.40. The Labute approximate surface area is 249 Å². The van der Waals surface area contributed by atoms with E-state index in [1.807, 2.05) is 56.3 Å². The fourth-order valence-corrected chi connectivity index (χ4v) is 4.98. The molecule has 6 N–H and O–H groups in total. The first-order valence-electron chi connectivity index (χ1n) is 14.0. The lowest BCUT2D eigenvalue weighted by atomic mass is 10.0. The van der Waals surface area contributed by atoms with Crippen LogP contribution in [0.5, 0.6) is 5.88 Å². The minimum Gasteiger partial charge on any atom is -0.480 e. The number of pyridine rings is 2. The molecule has 0 bridgehead atoms. The minimum atomic E-state index is -0.884. The molecule has 0 spiro atoms. The van der Waals surface area contributed by atoms with Crippen LogP contribution in [0.4, 0.5) is 22.7 Å². The van der Waals surface area contributed by atoms with E-state index in [4.69, 9.17) is 15.5 Å². The van der Waals surface area contributed by atoms with Gasteiger partial charge in [0, 0.05) is 22.1 Å². The number of methoxy groups -OCH3 is 1. The predicted molar refractivity (Wildman–Crippen MR) is 170 cm³/mol. The molecule has 1 unspecified atom stereocenters. The Kier molecular flexibility index (Phi) is 8.40. The number of ether oxygens (including phenoxy) is 1. The van der Waals surface area contributed by atoms with Crippen LogP contribution >= 0.6 is 0 Å². The second-order valence-corrected chi connectivity index (χ2v) is 10.3. The number of anilines is 4. The van der Waals surface area contributed by atoms with Crippen molar-refractivity contribution < 1.29 is 19.4 Å². The molecule has 5 aromatic rings. The van der Waals surface area contributed by atoms with Crippen molar-refractivity contribution in [3.63, 3.8) is 0 Å². The molecule has 3 aromatic carbocycles. The van der Waals surface area contributed by atoms with E-state index in [2.05, 4.69) is 27.0 Å². The number of aromatic nitrogens is 2. The lowest BCUT2D eigenvalue weighted by molar-refractivity contribution is -0.117. The first kappa shape index (κ1) is 29.3. The van der Waals surface area contributed by atoms with Crippen molar-refractivity contribution in [2.45, 2.75) is 39.8 Å². The third kappa shape index (κ3) is 6.19. The van der Waals surface area contributed by atoms with Gasteiger partial charge in [-0.3, -0.25) is 9.59 Å². The van der Waals surface area contributed by atoms with Crippen molar-refractivity contribution in [2.24, 2.45) is 0 Å². The van der Waals surface area contributed by atoms with E-state index in [9.17, 15) is 14.7 Å². The van der Waals surface area contributed by atoms with Crippen LogP contribution < -0.4 is 26.4 Å². The number of rotatable bonds is 9. The molecule has 2 aromatic heterocycles. The van der Waals surface area contributed by atoms with Crippen LogP contribution in [0.1, 0.15) is 41.0 Å². The highest BCUT2D eigenvalue weighted by Crippen LogP contribution is 2.34. The smallest absolute Gasteiger partial charge is 0.253 e. The molecule has 1 atom stereocenters. The summed E-state index contributed by atoms with van der Waals surface area (Å²) in [6, 6.07) is 19.9. The topological polar surface area (TPSA) is 151 Å². The van der Waals surface area contributed by atoms with E-state index in [0.717, 1.165) is 33.1 Å². The summed E-state index contributed by atoms with van der Waals surface area (Å²) in [5.74, 6) is -0.660. The number of fused-ring (bicyclic) bond motifs is 2. The van der Waals surface area contributed by atoms with Crippen LogP contribution in [-0.4, -0.2) is 40.0 Å². The van der Waals surface area contributed by atoms with E-state index in [0.29, 0.717) is 29.1 Å². The monoisotopic (exact) mass is 578 g/mol. The Bertz CT molecular complexity index is 1860. The maximum atomic E-state index is 13.2. The molecule has 0 aliphatic rings. The average molecular weight is 579 g/mol. The van der Waals surface area contributed by atoms with E-state index in [1.54, 1.807) is 19.1 Å². The number of carbonyl (C=O) groups is 2. The summed E-state index contributed by atoms with van der Waals surface area (Å²) in [5, 5.41) is 21.0. The lowest BCUT2D eigenvalue weighted by Gasteiger charge is -2.18. The molecule has 0 saturated carbocycles. The van der Waals surface area contributed by atoms with E-state index in [1.165, 1.54) is 13.2 Å². The molecule has 2 heterocycles. The third-order valence-electron chi connectivity index (χ3n) is 7.16. The Morgan fingerprint density at radius 2 is 1.72 bits per heavy atom. The molecule has 0 aliphatic heterocycles. The van der Waals surface area contributed by atoms with Crippen LogP contribution in [-0.2, 0) is 17.8 Å². The first-order chi connectivity index (χ1) is 20.7. The van der Waals surface area contributed by atoms with Crippen molar-refractivity contribution in [1.29, 1.82) is 0 Å². The largest absolute Gasteiger partial charge is 0.480 e. The van der Waals surface area contributed by atoms with E-state index in [-0.39, 0.29) is 23.7 Å². The van der Waals surface area contributed by atoms with Crippen molar-refractivity contribution in [3.05, 3.63) is 89.1 Å². The van der Waals surface area contributed by atoms with Gasteiger partial charge in [-0.05, 0) is 68.3 Å². The third-order valence-corrected chi connectivity index (χ3v) is 7.16. The fourth-order valence-electron chi connectivity index (χ4n) is 4.98. The number of nitrogen functional groups attached to an aromatic ring is 1. The number of aryl methyl sites for hydroxylation is 2. The number of nitrogens with two attached hydrogens (primary N) is 1. The second kappa shape index (κ2) is 12.3. The number of hydrogen-bond acceptors (Lipinski definition) is 8. The molecule has 0 radical (unpaired) electrons. The predicted octanol–water partition coefficient (Wildman–Crippen LogP) is 5.24. The number of carbonyl (C=O) groups excluding carboxylic acids is 2. The van der Waals surface area contributed by atoms with E-state index < -0.39 is 17.9 Å². The second-order valence-electron chi connectivity index (χ2n) is 10.3. The molecule has 5 rings (SSSR count). The van der Waals surface area contributed by atoms with Gasteiger partial charge in [0.05, 0.1) is 47.4 Å². The maximum absolute atomic E-state index is 13.2. The lowest BCUT2D eigenvalue weighted by Crippen LogP contribution is -2.42. The van der Waals surface area contributed by atoms with Gasteiger partial charge in [0.2, 0.25) is 11.8 Å². The summed E-state index contributed by atoms with van der Waals surface area (Å²) < 4.78 is 5.16. The summed E-state index contributed by atoms with van der Waals surface area (Å²) in [5.41, 5.74) is 12.4. The molecular formula is C33H34N6O4. The number of nitrogens with one attached hydrogen (secondary N) is 3. The summed E-state index contributed by atoms with van der Waals surface area (Å²) in [6.45, 7) is 5.25.